The Morgan fingerprint density at radius 1 is 1.41 bits per heavy atom. The lowest BCUT2D eigenvalue weighted by molar-refractivity contribution is -0.138. The zero-order valence-corrected chi connectivity index (χ0v) is 10.5. The number of ether oxygens (including phenoxy) is 1. The monoisotopic (exact) mass is 237 g/mol. The predicted molar refractivity (Wildman–Crippen MR) is 66.3 cm³/mol. The molecule has 0 aliphatic rings. The number of carboxylic acids is 1. The molecule has 1 unspecified atom stereocenters. The maximum Gasteiger partial charge on any atom is 0.305 e. The van der Waals surface area contributed by atoms with E-state index >= 15 is 0 Å². The van der Waals surface area contributed by atoms with E-state index in [1.54, 1.807) is 7.05 Å². The summed E-state index contributed by atoms with van der Waals surface area (Å²) < 4.78 is 5.35. The first-order valence-corrected chi connectivity index (χ1v) is 5.66. The molecular formula is C13H19NO3. The van der Waals surface area contributed by atoms with E-state index in [4.69, 9.17) is 9.84 Å². The predicted octanol–water partition coefficient (Wildman–Crippen LogP) is 1.99. The van der Waals surface area contributed by atoms with E-state index < -0.39 is 11.5 Å². The van der Waals surface area contributed by atoms with Gasteiger partial charge in [0.2, 0.25) is 0 Å². The van der Waals surface area contributed by atoms with Crippen LogP contribution in [0.15, 0.2) is 24.3 Å². The molecule has 17 heavy (non-hydrogen) atoms. The molecule has 1 aromatic carbocycles. The molecule has 0 aliphatic carbocycles. The van der Waals surface area contributed by atoms with Gasteiger partial charge >= 0.3 is 5.97 Å². The summed E-state index contributed by atoms with van der Waals surface area (Å²) in [6.07, 6.45) is 0.0392. The second-order valence-corrected chi connectivity index (χ2v) is 4.11. The second kappa shape index (κ2) is 5.68. The Morgan fingerprint density at radius 3 is 2.41 bits per heavy atom. The first kappa shape index (κ1) is 13.5. The standard InChI is InChI=1S/C13H19NO3/c1-4-17-11-7-5-10(6-8-11)13(2,14-3)9-12(15)16/h5-8,14H,4,9H2,1-3H3,(H,15,16). The lowest BCUT2D eigenvalue weighted by Crippen LogP contribution is -2.38. The van der Waals surface area contributed by atoms with E-state index in [0.29, 0.717) is 6.61 Å². The zero-order valence-electron chi connectivity index (χ0n) is 10.5. The quantitative estimate of drug-likeness (QED) is 0.794. The van der Waals surface area contributed by atoms with E-state index in [2.05, 4.69) is 5.32 Å². The van der Waals surface area contributed by atoms with Crippen molar-refractivity contribution in [2.24, 2.45) is 0 Å². The Bertz CT molecular complexity index is 375. The Labute approximate surface area is 102 Å². The third kappa shape index (κ3) is 3.46. The van der Waals surface area contributed by atoms with Crippen LogP contribution in [0.4, 0.5) is 0 Å². The largest absolute Gasteiger partial charge is 0.494 e. The molecule has 0 aliphatic heterocycles. The molecule has 2 N–H and O–H groups in total. The van der Waals surface area contributed by atoms with Crippen LogP contribution in [-0.2, 0) is 10.3 Å². The molecule has 4 heteroatoms. The number of carbonyl (C=O) groups is 1. The van der Waals surface area contributed by atoms with Crippen molar-refractivity contribution in [1.29, 1.82) is 0 Å². The van der Waals surface area contributed by atoms with Gasteiger partial charge in [-0.25, -0.2) is 0 Å². The topological polar surface area (TPSA) is 58.6 Å². The fourth-order valence-electron chi connectivity index (χ4n) is 1.72. The third-order valence-corrected chi connectivity index (χ3v) is 2.86. The van der Waals surface area contributed by atoms with Crippen molar-refractivity contribution in [3.8, 4) is 5.75 Å². The fourth-order valence-corrected chi connectivity index (χ4v) is 1.72. The average molecular weight is 237 g/mol. The number of nitrogens with one attached hydrogen (secondary N) is 1. The van der Waals surface area contributed by atoms with Crippen LogP contribution < -0.4 is 10.1 Å². The minimum atomic E-state index is -0.823. The highest BCUT2D eigenvalue weighted by Gasteiger charge is 2.27. The summed E-state index contributed by atoms with van der Waals surface area (Å²) >= 11 is 0. The summed E-state index contributed by atoms with van der Waals surface area (Å²) in [6, 6.07) is 7.50. The van der Waals surface area contributed by atoms with Crippen LogP contribution in [0.25, 0.3) is 0 Å². The van der Waals surface area contributed by atoms with Crippen LogP contribution in [0.2, 0.25) is 0 Å². The van der Waals surface area contributed by atoms with Crippen LogP contribution in [0, 0.1) is 0 Å². The molecule has 0 aromatic heterocycles. The first-order chi connectivity index (χ1) is 8.01. The molecule has 1 rings (SSSR count). The van der Waals surface area contributed by atoms with Crippen molar-refractivity contribution < 1.29 is 14.6 Å². The van der Waals surface area contributed by atoms with Gasteiger partial charge in [-0.05, 0) is 38.6 Å². The Kier molecular flexibility index (Phi) is 4.52. The van der Waals surface area contributed by atoms with Crippen LogP contribution >= 0.6 is 0 Å². The molecule has 0 saturated carbocycles. The summed E-state index contributed by atoms with van der Waals surface area (Å²) in [7, 11) is 1.76. The highest BCUT2D eigenvalue weighted by Crippen LogP contribution is 2.26. The number of benzene rings is 1. The van der Waals surface area contributed by atoms with Crippen LogP contribution in [0.3, 0.4) is 0 Å². The smallest absolute Gasteiger partial charge is 0.305 e. The van der Waals surface area contributed by atoms with Crippen molar-refractivity contribution >= 4 is 5.97 Å². The van der Waals surface area contributed by atoms with Crippen molar-refractivity contribution in [3.05, 3.63) is 29.8 Å². The fraction of sp³-hybridized carbons (Fsp3) is 0.462. The second-order valence-electron chi connectivity index (χ2n) is 4.11. The Balaban J connectivity index is 2.92. The molecule has 0 saturated heterocycles. The van der Waals surface area contributed by atoms with Gasteiger partial charge < -0.3 is 15.2 Å². The summed E-state index contributed by atoms with van der Waals surface area (Å²) in [4.78, 5) is 10.9. The Hall–Kier alpha value is -1.55. The number of hydrogen-bond acceptors (Lipinski definition) is 3. The van der Waals surface area contributed by atoms with Crippen molar-refractivity contribution in [3.63, 3.8) is 0 Å². The van der Waals surface area contributed by atoms with Gasteiger partial charge in [-0.2, -0.15) is 0 Å². The zero-order chi connectivity index (χ0) is 12.9. The van der Waals surface area contributed by atoms with Gasteiger partial charge in [0.05, 0.1) is 18.6 Å². The molecule has 0 fully saturated rings. The van der Waals surface area contributed by atoms with Crippen molar-refractivity contribution in [2.45, 2.75) is 25.8 Å². The highest BCUT2D eigenvalue weighted by atomic mass is 16.5. The van der Waals surface area contributed by atoms with Crippen LogP contribution in [0.1, 0.15) is 25.8 Å². The lowest BCUT2D eigenvalue weighted by atomic mass is 9.89. The maximum atomic E-state index is 10.9. The van der Waals surface area contributed by atoms with Gasteiger partial charge in [-0.15, -0.1) is 0 Å². The summed E-state index contributed by atoms with van der Waals surface area (Å²) in [5.74, 6) is -0.0271. The van der Waals surface area contributed by atoms with Gasteiger partial charge in [-0.3, -0.25) is 4.79 Å². The molecule has 4 nitrogen and oxygen atoms in total. The summed E-state index contributed by atoms with van der Waals surface area (Å²) in [5.41, 5.74) is 0.377. The molecule has 1 aromatic rings. The molecule has 1 atom stereocenters. The van der Waals surface area contributed by atoms with Crippen molar-refractivity contribution in [2.75, 3.05) is 13.7 Å². The first-order valence-electron chi connectivity index (χ1n) is 5.66. The molecule has 0 amide bonds. The van der Waals surface area contributed by atoms with E-state index in [1.807, 2.05) is 38.1 Å². The van der Waals surface area contributed by atoms with Crippen LogP contribution in [0.5, 0.6) is 5.75 Å². The van der Waals surface area contributed by atoms with Gasteiger partial charge in [-0.1, -0.05) is 12.1 Å². The molecule has 0 spiro atoms. The molecule has 94 valence electrons. The van der Waals surface area contributed by atoms with E-state index in [9.17, 15) is 4.79 Å². The lowest BCUT2D eigenvalue weighted by Gasteiger charge is -2.28. The van der Waals surface area contributed by atoms with E-state index in [1.165, 1.54) is 0 Å². The third-order valence-electron chi connectivity index (χ3n) is 2.86. The SMILES string of the molecule is CCOc1ccc(C(C)(CC(=O)O)NC)cc1. The van der Waals surface area contributed by atoms with Gasteiger partial charge in [0.25, 0.3) is 0 Å². The summed E-state index contributed by atoms with van der Waals surface area (Å²) in [6.45, 7) is 4.42. The van der Waals surface area contributed by atoms with Gasteiger partial charge in [0.15, 0.2) is 0 Å². The normalized spacial score (nSPS) is 14.1. The number of aliphatic carboxylic acids is 1. The average Bonchev–Trinajstić information content (AvgIpc) is 2.29. The molecular weight excluding hydrogens is 218 g/mol. The summed E-state index contributed by atoms with van der Waals surface area (Å²) in [5, 5.41) is 12.0. The minimum absolute atomic E-state index is 0.0392. The number of rotatable bonds is 6. The van der Waals surface area contributed by atoms with Gasteiger partial charge in [0.1, 0.15) is 5.75 Å². The molecule has 0 bridgehead atoms. The highest BCUT2D eigenvalue weighted by molar-refractivity contribution is 5.68. The minimum Gasteiger partial charge on any atom is -0.494 e. The molecule has 0 heterocycles. The van der Waals surface area contributed by atoms with Crippen LogP contribution in [-0.4, -0.2) is 24.7 Å². The number of carboxylic acid groups (broad SMARTS) is 1. The number of hydrogen-bond donors (Lipinski definition) is 2. The maximum absolute atomic E-state index is 10.9. The van der Waals surface area contributed by atoms with E-state index in [0.717, 1.165) is 11.3 Å². The van der Waals surface area contributed by atoms with Crippen molar-refractivity contribution in [1.82, 2.24) is 5.32 Å². The molecule has 0 radical (unpaired) electrons. The van der Waals surface area contributed by atoms with E-state index in [-0.39, 0.29) is 6.42 Å². The van der Waals surface area contributed by atoms with Gasteiger partial charge in [0, 0.05) is 0 Å². The Morgan fingerprint density at radius 2 is 2.00 bits per heavy atom.